The first kappa shape index (κ1) is 21.6. The van der Waals surface area contributed by atoms with Crippen molar-refractivity contribution in [3.8, 4) is 0 Å². The van der Waals surface area contributed by atoms with E-state index < -0.39 is 0 Å². The molecule has 1 aromatic heterocycles. The number of aliphatic imine (C=N–C) groups is 1. The highest BCUT2D eigenvalue weighted by atomic mass is 35.5. The van der Waals surface area contributed by atoms with E-state index in [0.717, 1.165) is 63.8 Å². The van der Waals surface area contributed by atoms with E-state index in [9.17, 15) is 0 Å². The van der Waals surface area contributed by atoms with Crippen LogP contribution in [0, 0.1) is 0 Å². The number of likely N-dealkylation sites (N-methyl/N-ethyl adjacent to an activating group) is 1. The smallest absolute Gasteiger partial charge is 0.191 e. The van der Waals surface area contributed by atoms with Gasteiger partial charge in [0.05, 0.1) is 0 Å². The minimum Gasteiger partial charge on any atom is -0.356 e. The summed E-state index contributed by atoms with van der Waals surface area (Å²) in [6.07, 6.45) is 2.68. The van der Waals surface area contributed by atoms with Gasteiger partial charge in [0.25, 0.3) is 0 Å². The molecule has 2 N–H and O–H groups in total. The van der Waals surface area contributed by atoms with Gasteiger partial charge in [-0.2, -0.15) is 0 Å². The number of guanidine groups is 1. The zero-order valence-corrected chi connectivity index (χ0v) is 18.1. The largest absolute Gasteiger partial charge is 0.356 e. The molecule has 1 aliphatic rings. The van der Waals surface area contributed by atoms with Crippen molar-refractivity contribution in [1.82, 2.24) is 25.4 Å². The van der Waals surface area contributed by atoms with E-state index in [-0.39, 0.29) is 0 Å². The molecule has 2 heterocycles. The average Bonchev–Trinajstić information content (AvgIpc) is 2.74. The number of benzene rings is 1. The van der Waals surface area contributed by atoms with Gasteiger partial charge in [-0.1, -0.05) is 41.9 Å². The maximum Gasteiger partial charge on any atom is 0.191 e. The molecular weight excluding hydrogens is 384 g/mol. The van der Waals surface area contributed by atoms with Gasteiger partial charge in [0.15, 0.2) is 5.96 Å². The van der Waals surface area contributed by atoms with Crippen LogP contribution in [0.3, 0.4) is 0 Å². The Hall–Kier alpha value is -2.15. The number of hydrogen-bond acceptors (Lipinski definition) is 4. The van der Waals surface area contributed by atoms with E-state index in [0.29, 0.717) is 5.15 Å². The lowest BCUT2D eigenvalue weighted by Crippen LogP contribution is -2.43. The predicted octanol–water partition coefficient (Wildman–Crippen LogP) is 2.39. The summed E-state index contributed by atoms with van der Waals surface area (Å²) in [6, 6.07) is 12.7. The minimum atomic E-state index is 0.522. The maximum absolute atomic E-state index is 5.82. The summed E-state index contributed by atoms with van der Waals surface area (Å²) >= 11 is 5.82. The second kappa shape index (κ2) is 11.1. The molecule has 0 amide bonds. The summed E-state index contributed by atoms with van der Waals surface area (Å²) in [6.45, 7) is 7.17. The molecule has 3 rings (SSSR count). The molecule has 29 heavy (non-hydrogen) atoms. The van der Waals surface area contributed by atoms with Crippen LogP contribution in [0.25, 0.3) is 0 Å². The molecule has 0 radical (unpaired) electrons. The topological polar surface area (TPSA) is 55.8 Å². The number of nitrogens with zero attached hydrogens (tertiary/aromatic N) is 4. The van der Waals surface area contributed by atoms with Gasteiger partial charge in [-0.25, -0.2) is 4.98 Å². The zero-order chi connectivity index (χ0) is 20.5. The molecule has 2 aromatic rings. The van der Waals surface area contributed by atoms with Crippen LogP contribution >= 0.6 is 11.6 Å². The molecule has 1 saturated heterocycles. The predicted molar refractivity (Wildman–Crippen MR) is 120 cm³/mol. The number of hydrogen-bond donors (Lipinski definition) is 2. The fourth-order valence-corrected chi connectivity index (χ4v) is 3.42. The van der Waals surface area contributed by atoms with Gasteiger partial charge < -0.3 is 15.5 Å². The molecule has 0 spiro atoms. The number of piperazine rings is 1. The number of rotatable bonds is 7. The normalized spacial score (nSPS) is 16.0. The standard InChI is InChI=1S/C22H31ClN6/c1-24-22(25-10-9-19-7-8-21(23)26-15-19)27-16-18-3-5-20(6-4-18)17-29-13-11-28(2)12-14-29/h3-8,15H,9-14,16-17H2,1-2H3,(H2,24,25,27). The van der Waals surface area contributed by atoms with Gasteiger partial charge in [-0.3, -0.25) is 9.89 Å². The first-order valence-corrected chi connectivity index (χ1v) is 10.5. The van der Waals surface area contributed by atoms with Crippen molar-refractivity contribution in [3.63, 3.8) is 0 Å². The Kier molecular flexibility index (Phi) is 8.28. The van der Waals surface area contributed by atoms with Crippen LogP contribution in [0.4, 0.5) is 0 Å². The van der Waals surface area contributed by atoms with Crippen molar-refractivity contribution in [2.75, 3.05) is 46.8 Å². The molecule has 1 aliphatic heterocycles. The molecule has 6 nitrogen and oxygen atoms in total. The van der Waals surface area contributed by atoms with E-state index in [1.807, 2.05) is 18.3 Å². The lowest BCUT2D eigenvalue weighted by atomic mass is 10.1. The summed E-state index contributed by atoms with van der Waals surface area (Å²) in [4.78, 5) is 13.3. The highest BCUT2D eigenvalue weighted by Crippen LogP contribution is 2.10. The SMILES string of the molecule is CN=C(NCCc1ccc(Cl)nc1)NCc1ccc(CN2CCN(C)CC2)cc1. The lowest BCUT2D eigenvalue weighted by molar-refractivity contribution is 0.148. The molecule has 156 valence electrons. The van der Waals surface area contributed by atoms with E-state index >= 15 is 0 Å². The van der Waals surface area contributed by atoms with Crippen LogP contribution in [0.15, 0.2) is 47.6 Å². The van der Waals surface area contributed by atoms with Gasteiger partial charge in [-0.15, -0.1) is 0 Å². The van der Waals surface area contributed by atoms with Crippen LogP contribution in [0.1, 0.15) is 16.7 Å². The summed E-state index contributed by atoms with van der Waals surface area (Å²) in [7, 11) is 3.98. The molecule has 1 fully saturated rings. The van der Waals surface area contributed by atoms with Crippen molar-refractivity contribution in [3.05, 3.63) is 64.4 Å². The second-order valence-corrected chi connectivity index (χ2v) is 7.87. The molecule has 0 bridgehead atoms. The Morgan fingerprint density at radius 1 is 1.00 bits per heavy atom. The molecule has 1 aromatic carbocycles. The first-order chi connectivity index (χ1) is 14.1. The minimum absolute atomic E-state index is 0.522. The Balaban J connectivity index is 1.39. The quantitative estimate of drug-likeness (QED) is 0.414. The summed E-state index contributed by atoms with van der Waals surface area (Å²) < 4.78 is 0. The maximum atomic E-state index is 5.82. The molecule has 0 aliphatic carbocycles. The third-order valence-electron chi connectivity index (χ3n) is 5.20. The second-order valence-electron chi connectivity index (χ2n) is 7.49. The number of pyridine rings is 1. The van der Waals surface area contributed by atoms with E-state index in [1.165, 1.54) is 11.1 Å². The Bertz CT molecular complexity index is 767. The van der Waals surface area contributed by atoms with E-state index in [1.54, 1.807) is 7.05 Å². The van der Waals surface area contributed by atoms with E-state index in [2.05, 4.69) is 61.7 Å². The van der Waals surface area contributed by atoms with Crippen molar-refractivity contribution in [2.45, 2.75) is 19.5 Å². The van der Waals surface area contributed by atoms with Crippen molar-refractivity contribution in [2.24, 2.45) is 4.99 Å². The van der Waals surface area contributed by atoms with E-state index in [4.69, 9.17) is 11.6 Å². The van der Waals surface area contributed by atoms with Crippen LogP contribution < -0.4 is 10.6 Å². The summed E-state index contributed by atoms with van der Waals surface area (Å²) in [5.74, 6) is 0.799. The van der Waals surface area contributed by atoms with Crippen LogP contribution in [-0.4, -0.2) is 67.6 Å². The monoisotopic (exact) mass is 414 g/mol. The fourth-order valence-electron chi connectivity index (χ4n) is 3.31. The van der Waals surface area contributed by atoms with Crippen LogP contribution in [0.2, 0.25) is 5.15 Å². The van der Waals surface area contributed by atoms with Gasteiger partial charge in [-0.05, 0) is 36.2 Å². The Morgan fingerprint density at radius 2 is 1.69 bits per heavy atom. The lowest BCUT2D eigenvalue weighted by Gasteiger charge is -2.32. The summed E-state index contributed by atoms with van der Waals surface area (Å²) in [5, 5.41) is 7.23. The zero-order valence-electron chi connectivity index (χ0n) is 17.4. The Labute approximate surface area is 179 Å². The fraction of sp³-hybridized carbons (Fsp3) is 0.455. The Morgan fingerprint density at radius 3 is 2.34 bits per heavy atom. The van der Waals surface area contributed by atoms with Gasteiger partial charge in [0.2, 0.25) is 0 Å². The molecular formula is C22H31ClN6. The number of halogens is 1. The van der Waals surface area contributed by atoms with Gasteiger partial charge in [0, 0.05) is 59.1 Å². The van der Waals surface area contributed by atoms with Crippen LogP contribution in [0.5, 0.6) is 0 Å². The molecule has 0 atom stereocenters. The van der Waals surface area contributed by atoms with Gasteiger partial charge >= 0.3 is 0 Å². The van der Waals surface area contributed by atoms with Crippen molar-refractivity contribution >= 4 is 17.6 Å². The summed E-state index contributed by atoms with van der Waals surface area (Å²) in [5.41, 5.74) is 3.77. The molecule has 0 unspecified atom stereocenters. The molecule has 7 heteroatoms. The third kappa shape index (κ3) is 7.31. The number of aromatic nitrogens is 1. The van der Waals surface area contributed by atoms with Crippen molar-refractivity contribution in [1.29, 1.82) is 0 Å². The third-order valence-corrected chi connectivity index (χ3v) is 5.43. The van der Waals surface area contributed by atoms with Gasteiger partial charge in [0.1, 0.15) is 5.15 Å². The van der Waals surface area contributed by atoms with Crippen LogP contribution in [-0.2, 0) is 19.5 Å². The highest BCUT2D eigenvalue weighted by molar-refractivity contribution is 6.29. The highest BCUT2D eigenvalue weighted by Gasteiger charge is 2.13. The number of nitrogens with one attached hydrogen (secondary N) is 2. The molecule has 0 saturated carbocycles. The average molecular weight is 415 g/mol. The van der Waals surface area contributed by atoms with Crippen molar-refractivity contribution < 1.29 is 0 Å². The first-order valence-electron chi connectivity index (χ1n) is 10.2.